The van der Waals surface area contributed by atoms with Gasteiger partial charge < -0.3 is 5.32 Å². The average Bonchev–Trinajstić information content (AvgIpc) is 2.35. The van der Waals surface area contributed by atoms with Gasteiger partial charge in [-0.15, -0.1) is 0 Å². The molecule has 0 spiro atoms. The topological polar surface area (TPSA) is 29.1 Å². The lowest BCUT2D eigenvalue weighted by atomic mass is 10.1. The number of nitrogens with one attached hydrogen (secondary N) is 1. The van der Waals surface area contributed by atoms with Crippen molar-refractivity contribution in [3.8, 4) is 0 Å². The Hall–Kier alpha value is -2.37. The highest BCUT2D eigenvalue weighted by Crippen LogP contribution is 2.20. The first-order chi connectivity index (χ1) is 9.38. The number of rotatable bonds is 2. The van der Waals surface area contributed by atoms with E-state index in [1.165, 1.54) is 12.1 Å². The summed E-state index contributed by atoms with van der Waals surface area (Å²) in [6, 6.07) is 4.65. The van der Waals surface area contributed by atoms with Gasteiger partial charge in [0.25, 0.3) is 5.91 Å². The average molecular weight is 283 g/mol. The largest absolute Gasteiger partial charge is 0.319 e. The van der Waals surface area contributed by atoms with E-state index in [-0.39, 0.29) is 5.56 Å². The van der Waals surface area contributed by atoms with Crippen LogP contribution in [0.4, 0.5) is 23.2 Å². The van der Waals surface area contributed by atoms with Crippen molar-refractivity contribution in [1.82, 2.24) is 0 Å². The predicted octanol–water partition coefficient (Wildman–Crippen LogP) is 3.80. The molecular formula is C14H9F4NO. The Bertz CT molecular complexity index is 685. The molecular weight excluding hydrogens is 274 g/mol. The van der Waals surface area contributed by atoms with Gasteiger partial charge in [-0.2, -0.15) is 0 Å². The minimum absolute atomic E-state index is 0.302. The number of anilines is 1. The smallest absolute Gasteiger partial charge is 0.258 e. The molecule has 1 amide bonds. The molecule has 0 saturated heterocycles. The van der Waals surface area contributed by atoms with Crippen LogP contribution in [0.15, 0.2) is 30.3 Å². The summed E-state index contributed by atoms with van der Waals surface area (Å²) in [5, 5.41) is 1.99. The van der Waals surface area contributed by atoms with E-state index < -0.39 is 34.9 Å². The fourth-order valence-corrected chi connectivity index (χ4v) is 1.61. The van der Waals surface area contributed by atoms with Crippen LogP contribution in [0.3, 0.4) is 0 Å². The van der Waals surface area contributed by atoms with E-state index in [9.17, 15) is 22.4 Å². The van der Waals surface area contributed by atoms with Gasteiger partial charge in [0.15, 0.2) is 11.6 Å². The van der Waals surface area contributed by atoms with Crippen molar-refractivity contribution < 1.29 is 22.4 Å². The Kier molecular flexibility index (Phi) is 3.74. The molecule has 6 heteroatoms. The molecule has 1 N–H and O–H groups in total. The van der Waals surface area contributed by atoms with Gasteiger partial charge in [-0.25, -0.2) is 17.6 Å². The third-order valence-corrected chi connectivity index (χ3v) is 2.63. The van der Waals surface area contributed by atoms with Crippen molar-refractivity contribution in [3.05, 3.63) is 64.7 Å². The van der Waals surface area contributed by atoms with Gasteiger partial charge in [0.05, 0.1) is 11.3 Å². The molecule has 2 aromatic carbocycles. The van der Waals surface area contributed by atoms with Crippen LogP contribution in [0.2, 0.25) is 0 Å². The van der Waals surface area contributed by atoms with Crippen LogP contribution in [0.1, 0.15) is 15.9 Å². The molecule has 0 heterocycles. The van der Waals surface area contributed by atoms with Gasteiger partial charge >= 0.3 is 0 Å². The van der Waals surface area contributed by atoms with Crippen LogP contribution >= 0.6 is 0 Å². The molecule has 2 rings (SSSR count). The summed E-state index contributed by atoms with van der Waals surface area (Å²) in [5.74, 6) is -5.57. The molecule has 0 unspecified atom stereocenters. The van der Waals surface area contributed by atoms with Gasteiger partial charge in [0, 0.05) is 12.1 Å². The summed E-state index contributed by atoms with van der Waals surface area (Å²) in [5.41, 5.74) is -0.272. The van der Waals surface area contributed by atoms with Gasteiger partial charge in [0.2, 0.25) is 0 Å². The first-order valence-corrected chi connectivity index (χ1v) is 5.60. The summed E-state index contributed by atoms with van der Waals surface area (Å²) in [6.07, 6.45) is 0. The SMILES string of the molecule is Cc1ccc(C(=O)Nc2cc(F)c(F)cc2F)c(F)c1. The minimum atomic E-state index is -1.37. The van der Waals surface area contributed by atoms with Crippen molar-refractivity contribution in [1.29, 1.82) is 0 Å². The molecule has 0 fully saturated rings. The molecule has 0 bridgehead atoms. The number of amides is 1. The summed E-state index contributed by atoms with van der Waals surface area (Å²) in [6.45, 7) is 1.64. The molecule has 0 aliphatic heterocycles. The van der Waals surface area contributed by atoms with Gasteiger partial charge in [-0.05, 0) is 24.6 Å². The van der Waals surface area contributed by atoms with Gasteiger partial charge in [0.1, 0.15) is 11.6 Å². The van der Waals surface area contributed by atoms with Crippen LogP contribution in [0.25, 0.3) is 0 Å². The number of carbonyl (C=O) groups is 1. The number of hydrogen-bond acceptors (Lipinski definition) is 1. The summed E-state index contributed by atoms with van der Waals surface area (Å²) < 4.78 is 52.6. The van der Waals surface area contributed by atoms with Gasteiger partial charge in [-0.1, -0.05) is 6.07 Å². The monoisotopic (exact) mass is 283 g/mol. The van der Waals surface area contributed by atoms with Crippen LogP contribution < -0.4 is 5.32 Å². The molecule has 0 aliphatic rings. The second-order valence-corrected chi connectivity index (χ2v) is 4.18. The summed E-state index contributed by atoms with van der Waals surface area (Å²) in [7, 11) is 0. The number of aryl methyl sites for hydroxylation is 1. The Balaban J connectivity index is 2.30. The molecule has 2 nitrogen and oxygen atoms in total. The number of halogens is 4. The highest BCUT2D eigenvalue weighted by molar-refractivity contribution is 6.04. The first kappa shape index (κ1) is 14.0. The fraction of sp³-hybridized carbons (Fsp3) is 0.0714. The predicted molar refractivity (Wildman–Crippen MR) is 65.4 cm³/mol. The van der Waals surface area contributed by atoms with E-state index in [0.717, 1.165) is 6.07 Å². The van der Waals surface area contributed by atoms with Crippen molar-refractivity contribution in [2.45, 2.75) is 6.92 Å². The molecule has 0 atom stereocenters. The fourth-order valence-electron chi connectivity index (χ4n) is 1.61. The van der Waals surface area contributed by atoms with Crippen LogP contribution in [-0.2, 0) is 0 Å². The second kappa shape index (κ2) is 5.32. The Morgan fingerprint density at radius 1 is 0.900 bits per heavy atom. The van der Waals surface area contributed by atoms with Crippen molar-refractivity contribution in [2.75, 3.05) is 5.32 Å². The van der Waals surface area contributed by atoms with E-state index in [0.29, 0.717) is 17.7 Å². The maximum absolute atomic E-state index is 13.6. The van der Waals surface area contributed by atoms with Crippen molar-refractivity contribution in [3.63, 3.8) is 0 Å². The van der Waals surface area contributed by atoms with Crippen molar-refractivity contribution >= 4 is 11.6 Å². The Morgan fingerprint density at radius 2 is 1.55 bits per heavy atom. The minimum Gasteiger partial charge on any atom is -0.319 e. The standard InChI is InChI=1S/C14H9F4NO/c1-7-2-3-8(9(15)4-7)14(20)19-13-6-11(17)10(16)5-12(13)18/h2-6H,1H3,(H,19,20). The van der Waals surface area contributed by atoms with Gasteiger partial charge in [-0.3, -0.25) is 4.79 Å². The number of carbonyl (C=O) groups excluding carboxylic acids is 1. The summed E-state index contributed by atoms with van der Waals surface area (Å²) in [4.78, 5) is 11.8. The molecule has 2 aromatic rings. The van der Waals surface area contributed by atoms with Crippen LogP contribution in [0.5, 0.6) is 0 Å². The highest BCUT2D eigenvalue weighted by Gasteiger charge is 2.16. The zero-order chi connectivity index (χ0) is 14.9. The van der Waals surface area contributed by atoms with E-state index in [2.05, 4.69) is 0 Å². The maximum Gasteiger partial charge on any atom is 0.258 e. The zero-order valence-corrected chi connectivity index (χ0v) is 10.3. The first-order valence-electron chi connectivity index (χ1n) is 5.60. The van der Waals surface area contributed by atoms with Crippen molar-refractivity contribution in [2.24, 2.45) is 0 Å². The lowest BCUT2D eigenvalue weighted by molar-refractivity contribution is 0.102. The highest BCUT2D eigenvalue weighted by atomic mass is 19.2. The van der Waals surface area contributed by atoms with E-state index >= 15 is 0 Å². The van der Waals surface area contributed by atoms with E-state index in [1.54, 1.807) is 6.92 Å². The lowest BCUT2D eigenvalue weighted by Crippen LogP contribution is -2.15. The molecule has 0 radical (unpaired) electrons. The zero-order valence-electron chi connectivity index (χ0n) is 10.3. The Labute approximate surface area is 112 Å². The molecule has 0 aromatic heterocycles. The van der Waals surface area contributed by atoms with Crippen LogP contribution in [0, 0.1) is 30.2 Å². The maximum atomic E-state index is 13.6. The second-order valence-electron chi connectivity index (χ2n) is 4.18. The molecule has 0 saturated carbocycles. The third kappa shape index (κ3) is 2.79. The molecule has 104 valence electrons. The third-order valence-electron chi connectivity index (χ3n) is 2.63. The number of benzene rings is 2. The quantitative estimate of drug-likeness (QED) is 0.659. The lowest BCUT2D eigenvalue weighted by Gasteiger charge is -2.08. The van der Waals surface area contributed by atoms with E-state index in [4.69, 9.17) is 0 Å². The van der Waals surface area contributed by atoms with Crippen LogP contribution in [-0.4, -0.2) is 5.91 Å². The van der Waals surface area contributed by atoms with E-state index in [1.807, 2.05) is 5.32 Å². The Morgan fingerprint density at radius 3 is 2.20 bits per heavy atom. The normalized spacial score (nSPS) is 10.4. The number of hydrogen-bond donors (Lipinski definition) is 1. The summed E-state index contributed by atoms with van der Waals surface area (Å²) >= 11 is 0. The molecule has 0 aliphatic carbocycles. The molecule has 20 heavy (non-hydrogen) atoms.